The lowest BCUT2D eigenvalue weighted by atomic mass is 10.2. The van der Waals surface area contributed by atoms with Crippen molar-refractivity contribution in [1.82, 2.24) is 5.32 Å². The van der Waals surface area contributed by atoms with Crippen LogP contribution in [0.25, 0.3) is 0 Å². The highest BCUT2D eigenvalue weighted by Crippen LogP contribution is 1.93. The lowest BCUT2D eigenvalue weighted by molar-refractivity contribution is -0.145. The highest BCUT2D eigenvalue weighted by molar-refractivity contribution is 5.82. The van der Waals surface area contributed by atoms with Crippen LogP contribution in [0.3, 0.4) is 0 Å². The molecule has 0 spiro atoms. The van der Waals surface area contributed by atoms with Gasteiger partial charge in [0.25, 0.3) is 0 Å². The van der Waals surface area contributed by atoms with E-state index in [0.717, 1.165) is 0 Å². The molecule has 0 unspecified atom stereocenters. The first-order valence-corrected chi connectivity index (χ1v) is 4.86. The summed E-state index contributed by atoms with van der Waals surface area (Å²) in [4.78, 5) is 22.1. The number of rotatable bonds is 5. The van der Waals surface area contributed by atoms with Gasteiger partial charge >= 0.3 is 5.97 Å². The fourth-order valence-corrected chi connectivity index (χ4v) is 0.674. The number of hydrogen-bond acceptors (Lipinski definition) is 3. The molecule has 1 amide bonds. The largest absolute Gasteiger partial charge is 0.464 e. The van der Waals surface area contributed by atoms with Crippen molar-refractivity contribution in [2.24, 2.45) is 11.8 Å². The fourth-order valence-electron chi connectivity index (χ4n) is 0.674. The second-order valence-corrected chi connectivity index (χ2v) is 3.95. The van der Waals surface area contributed by atoms with Gasteiger partial charge in [-0.25, -0.2) is 0 Å². The van der Waals surface area contributed by atoms with Gasteiger partial charge in [-0.15, -0.1) is 0 Å². The summed E-state index contributed by atoms with van der Waals surface area (Å²) in [5, 5.41) is 2.49. The van der Waals surface area contributed by atoms with Gasteiger partial charge in [0.1, 0.15) is 6.54 Å². The minimum atomic E-state index is -0.382. The summed E-state index contributed by atoms with van der Waals surface area (Å²) in [5.74, 6) is -0.299. The molecule has 0 saturated carbocycles. The fraction of sp³-hybridized carbons (Fsp3) is 0.800. The molecule has 14 heavy (non-hydrogen) atoms. The molecule has 0 saturated heterocycles. The van der Waals surface area contributed by atoms with Crippen molar-refractivity contribution in [3.63, 3.8) is 0 Å². The molecular weight excluding hydrogens is 182 g/mol. The maximum Gasteiger partial charge on any atom is 0.325 e. The van der Waals surface area contributed by atoms with E-state index in [4.69, 9.17) is 4.74 Å². The molecule has 0 atom stereocenters. The van der Waals surface area contributed by atoms with Crippen molar-refractivity contribution in [3.8, 4) is 0 Å². The van der Waals surface area contributed by atoms with Crippen LogP contribution in [0.4, 0.5) is 0 Å². The summed E-state index contributed by atoms with van der Waals surface area (Å²) in [6.07, 6.45) is 0. The van der Waals surface area contributed by atoms with Crippen LogP contribution in [0.2, 0.25) is 0 Å². The van der Waals surface area contributed by atoms with Crippen LogP contribution >= 0.6 is 0 Å². The van der Waals surface area contributed by atoms with Crippen molar-refractivity contribution < 1.29 is 14.3 Å². The Morgan fingerprint density at radius 1 is 1.21 bits per heavy atom. The molecule has 0 radical (unpaired) electrons. The van der Waals surface area contributed by atoms with E-state index in [1.54, 1.807) is 13.8 Å². The molecule has 4 nitrogen and oxygen atoms in total. The van der Waals surface area contributed by atoms with Crippen molar-refractivity contribution in [2.75, 3.05) is 13.2 Å². The van der Waals surface area contributed by atoms with Crippen LogP contribution in [0, 0.1) is 11.8 Å². The first-order valence-electron chi connectivity index (χ1n) is 4.86. The molecule has 0 fully saturated rings. The third kappa shape index (κ3) is 6.46. The molecule has 0 rings (SSSR count). The molecule has 0 aliphatic rings. The lowest BCUT2D eigenvalue weighted by Gasteiger charge is -2.09. The lowest BCUT2D eigenvalue weighted by Crippen LogP contribution is -2.33. The molecule has 0 heterocycles. The average molecular weight is 201 g/mol. The zero-order valence-corrected chi connectivity index (χ0v) is 9.29. The van der Waals surface area contributed by atoms with E-state index < -0.39 is 0 Å². The normalized spacial score (nSPS) is 10.4. The van der Waals surface area contributed by atoms with E-state index in [1.165, 1.54) is 0 Å². The van der Waals surface area contributed by atoms with Crippen molar-refractivity contribution in [1.29, 1.82) is 0 Å². The highest BCUT2D eigenvalue weighted by Gasteiger charge is 2.09. The Kier molecular flexibility index (Phi) is 5.92. The second kappa shape index (κ2) is 6.40. The van der Waals surface area contributed by atoms with E-state index in [1.807, 2.05) is 13.8 Å². The number of carbonyl (C=O) groups excluding carboxylic acids is 2. The van der Waals surface area contributed by atoms with E-state index in [-0.39, 0.29) is 24.3 Å². The number of nitrogens with one attached hydrogen (secondary N) is 1. The number of amides is 1. The molecule has 82 valence electrons. The summed E-state index contributed by atoms with van der Waals surface area (Å²) < 4.78 is 4.88. The molecular formula is C10H19NO3. The van der Waals surface area contributed by atoms with Gasteiger partial charge in [0, 0.05) is 5.92 Å². The standard InChI is InChI=1S/C10H19NO3/c1-7(2)6-14-9(12)5-11-10(13)8(3)4/h7-8H,5-6H2,1-4H3,(H,11,13). The van der Waals surface area contributed by atoms with Crippen molar-refractivity contribution in [3.05, 3.63) is 0 Å². The van der Waals surface area contributed by atoms with Crippen LogP contribution in [-0.4, -0.2) is 25.0 Å². The second-order valence-electron chi connectivity index (χ2n) is 3.95. The summed E-state index contributed by atoms with van der Waals surface area (Å²) in [6.45, 7) is 7.82. The van der Waals surface area contributed by atoms with E-state index in [2.05, 4.69) is 5.32 Å². The van der Waals surface area contributed by atoms with Crippen molar-refractivity contribution in [2.45, 2.75) is 27.7 Å². The van der Waals surface area contributed by atoms with Gasteiger partial charge in [-0.05, 0) is 5.92 Å². The SMILES string of the molecule is CC(C)COC(=O)CNC(=O)C(C)C. The number of ether oxygens (including phenoxy) is 1. The molecule has 0 aromatic rings. The molecule has 4 heteroatoms. The third-order valence-electron chi connectivity index (χ3n) is 1.51. The molecule has 0 bridgehead atoms. The monoisotopic (exact) mass is 201 g/mol. The number of carbonyl (C=O) groups is 2. The zero-order chi connectivity index (χ0) is 11.1. The van der Waals surface area contributed by atoms with E-state index in [9.17, 15) is 9.59 Å². The third-order valence-corrected chi connectivity index (χ3v) is 1.51. The maximum absolute atomic E-state index is 11.1. The smallest absolute Gasteiger partial charge is 0.325 e. The van der Waals surface area contributed by atoms with Gasteiger partial charge < -0.3 is 10.1 Å². The summed E-state index contributed by atoms with van der Waals surface area (Å²) in [5.41, 5.74) is 0. The van der Waals surface area contributed by atoms with Gasteiger partial charge in [-0.3, -0.25) is 9.59 Å². The predicted octanol–water partition coefficient (Wildman–Crippen LogP) is 0.958. The Morgan fingerprint density at radius 2 is 1.79 bits per heavy atom. The van der Waals surface area contributed by atoms with Crippen LogP contribution in [0.5, 0.6) is 0 Å². The molecule has 0 aliphatic heterocycles. The average Bonchev–Trinajstić information content (AvgIpc) is 2.10. The maximum atomic E-state index is 11.1. The minimum absolute atomic E-state index is 0.0380. The van der Waals surface area contributed by atoms with Crippen molar-refractivity contribution >= 4 is 11.9 Å². The summed E-state index contributed by atoms with van der Waals surface area (Å²) >= 11 is 0. The highest BCUT2D eigenvalue weighted by atomic mass is 16.5. The quantitative estimate of drug-likeness (QED) is 0.674. The zero-order valence-electron chi connectivity index (χ0n) is 9.29. The van der Waals surface area contributed by atoms with E-state index in [0.29, 0.717) is 12.5 Å². The van der Waals surface area contributed by atoms with Gasteiger partial charge in [0.05, 0.1) is 6.61 Å². The summed E-state index contributed by atoms with van der Waals surface area (Å²) in [7, 11) is 0. The van der Waals surface area contributed by atoms with Gasteiger partial charge in [-0.2, -0.15) is 0 Å². The summed E-state index contributed by atoms with van der Waals surface area (Å²) in [6, 6.07) is 0. The molecule has 0 aromatic heterocycles. The van der Waals surface area contributed by atoms with Crippen LogP contribution in [-0.2, 0) is 14.3 Å². The van der Waals surface area contributed by atoms with Gasteiger partial charge in [0.15, 0.2) is 0 Å². The van der Waals surface area contributed by atoms with Gasteiger partial charge in [-0.1, -0.05) is 27.7 Å². The molecule has 0 aromatic carbocycles. The number of esters is 1. The Labute approximate surface area is 85.0 Å². The Balaban J connectivity index is 3.59. The van der Waals surface area contributed by atoms with Gasteiger partial charge in [0.2, 0.25) is 5.91 Å². The van der Waals surface area contributed by atoms with Crippen LogP contribution in [0.1, 0.15) is 27.7 Å². The first kappa shape index (κ1) is 12.9. The number of hydrogen-bond donors (Lipinski definition) is 1. The Morgan fingerprint density at radius 3 is 2.21 bits per heavy atom. The Bertz CT molecular complexity index is 200. The van der Waals surface area contributed by atoms with Crippen LogP contribution in [0.15, 0.2) is 0 Å². The molecule has 0 aliphatic carbocycles. The predicted molar refractivity (Wildman–Crippen MR) is 53.6 cm³/mol. The molecule has 1 N–H and O–H groups in total. The van der Waals surface area contributed by atoms with Crippen LogP contribution < -0.4 is 5.32 Å². The van der Waals surface area contributed by atoms with E-state index >= 15 is 0 Å². The Hall–Kier alpha value is -1.06. The topological polar surface area (TPSA) is 55.4 Å². The first-order chi connectivity index (χ1) is 6.43. The minimum Gasteiger partial charge on any atom is -0.464 e.